The second-order valence-corrected chi connectivity index (χ2v) is 6.75. The van der Waals surface area contributed by atoms with Crippen molar-refractivity contribution in [2.45, 2.75) is 32.4 Å². The maximum Gasteiger partial charge on any atom is 0.254 e. The van der Waals surface area contributed by atoms with Crippen molar-refractivity contribution in [2.24, 2.45) is 0 Å². The van der Waals surface area contributed by atoms with E-state index in [2.05, 4.69) is 0 Å². The normalized spacial score (nSPS) is 17.0. The topological polar surface area (TPSA) is 29.5 Å². The van der Waals surface area contributed by atoms with Crippen LogP contribution in [0.25, 0.3) is 0 Å². The summed E-state index contributed by atoms with van der Waals surface area (Å²) in [7, 11) is 0. The molecule has 0 spiro atoms. The van der Waals surface area contributed by atoms with Gasteiger partial charge in [-0.1, -0.05) is 41.4 Å². The third-order valence-corrected chi connectivity index (χ3v) is 4.57. The van der Waals surface area contributed by atoms with Crippen molar-refractivity contribution in [2.75, 3.05) is 13.2 Å². The molecule has 24 heavy (non-hydrogen) atoms. The van der Waals surface area contributed by atoms with Gasteiger partial charge in [0.2, 0.25) is 0 Å². The lowest BCUT2D eigenvalue weighted by Gasteiger charge is -2.26. The number of nitrogens with zero attached hydrogens (tertiary/aromatic N) is 1. The summed E-state index contributed by atoms with van der Waals surface area (Å²) in [5.41, 5.74) is 2.93. The molecule has 0 aliphatic carbocycles. The van der Waals surface area contributed by atoms with Crippen molar-refractivity contribution in [3.63, 3.8) is 0 Å². The fourth-order valence-corrected chi connectivity index (χ4v) is 3.07. The predicted molar refractivity (Wildman–Crippen MR) is 96.3 cm³/mol. The summed E-state index contributed by atoms with van der Waals surface area (Å²) in [4.78, 5) is 14.8. The lowest BCUT2D eigenvalue weighted by molar-refractivity contribution is 0.0507. The Morgan fingerprint density at radius 3 is 2.50 bits per heavy atom. The van der Waals surface area contributed by atoms with Gasteiger partial charge in [-0.25, -0.2) is 0 Å². The van der Waals surface area contributed by atoms with Crippen molar-refractivity contribution in [3.8, 4) is 0 Å². The van der Waals surface area contributed by atoms with E-state index in [0.29, 0.717) is 23.7 Å². The third-order valence-electron chi connectivity index (χ3n) is 4.32. The van der Waals surface area contributed by atoms with Crippen molar-refractivity contribution in [1.29, 1.82) is 0 Å². The van der Waals surface area contributed by atoms with Crippen molar-refractivity contribution < 1.29 is 9.53 Å². The standard InChI is InChI=1S/C20H22ClNO2/c1-15-4-8-17(9-5-15)20(23)22(14-19-3-2-12-24-19)13-16-6-10-18(21)11-7-16/h4-11,19H,2-3,12-14H2,1H3. The Hall–Kier alpha value is -1.84. The van der Waals surface area contributed by atoms with E-state index in [-0.39, 0.29) is 12.0 Å². The number of benzene rings is 2. The number of ether oxygens (including phenoxy) is 1. The van der Waals surface area contributed by atoms with E-state index in [1.54, 1.807) is 0 Å². The minimum atomic E-state index is 0.0421. The Labute approximate surface area is 148 Å². The molecule has 1 amide bonds. The Balaban J connectivity index is 1.78. The molecule has 2 aromatic rings. The molecular weight excluding hydrogens is 322 g/mol. The quantitative estimate of drug-likeness (QED) is 0.801. The molecule has 1 aliphatic heterocycles. The van der Waals surface area contributed by atoms with Gasteiger partial charge >= 0.3 is 0 Å². The molecule has 0 aromatic heterocycles. The molecule has 0 saturated carbocycles. The number of rotatable bonds is 5. The number of carbonyl (C=O) groups excluding carboxylic acids is 1. The summed E-state index contributed by atoms with van der Waals surface area (Å²) < 4.78 is 5.73. The average molecular weight is 344 g/mol. The van der Waals surface area contributed by atoms with Gasteiger partial charge in [-0.3, -0.25) is 4.79 Å². The van der Waals surface area contributed by atoms with E-state index >= 15 is 0 Å². The molecular formula is C20H22ClNO2. The number of amides is 1. The first kappa shape index (κ1) is 17.0. The minimum absolute atomic E-state index is 0.0421. The van der Waals surface area contributed by atoms with Gasteiger partial charge in [0.15, 0.2) is 0 Å². The molecule has 2 aromatic carbocycles. The zero-order chi connectivity index (χ0) is 16.9. The van der Waals surface area contributed by atoms with Gasteiger partial charge in [0.05, 0.1) is 6.10 Å². The Bertz CT molecular complexity index is 676. The van der Waals surface area contributed by atoms with Crippen LogP contribution in [-0.2, 0) is 11.3 Å². The average Bonchev–Trinajstić information content (AvgIpc) is 3.09. The summed E-state index contributed by atoms with van der Waals surface area (Å²) in [5.74, 6) is 0.0421. The van der Waals surface area contributed by atoms with Crippen LogP contribution < -0.4 is 0 Å². The predicted octanol–water partition coefficient (Wildman–Crippen LogP) is 4.47. The lowest BCUT2D eigenvalue weighted by atomic mass is 10.1. The summed E-state index contributed by atoms with van der Waals surface area (Å²) in [6.45, 7) is 3.99. The lowest BCUT2D eigenvalue weighted by Crippen LogP contribution is -2.37. The highest BCUT2D eigenvalue weighted by atomic mass is 35.5. The van der Waals surface area contributed by atoms with E-state index in [1.165, 1.54) is 0 Å². The van der Waals surface area contributed by atoms with Gasteiger partial charge in [-0.05, 0) is 49.6 Å². The molecule has 3 rings (SSSR count). The zero-order valence-electron chi connectivity index (χ0n) is 13.9. The number of carbonyl (C=O) groups is 1. The van der Waals surface area contributed by atoms with Crippen molar-refractivity contribution in [1.82, 2.24) is 4.90 Å². The number of hydrogen-bond acceptors (Lipinski definition) is 2. The van der Waals surface area contributed by atoms with Crippen LogP contribution in [-0.4, -0.2) is 30.1 Å². The number of hydrogen-bond donors (Lipinski definition) is 0. The van der Waals surface area contributed by atoms with Crippen LogP contribution in [0.5, 0.6) is 0 Å². The molecule has 0 radical (unpaired) electrons. The molecule has 1 unspecified atom stereocenters. The van der Waals surface area contributed by atoms with Crippen LogP contribution in [0.2, 0.25) is 5.02 Å². The molecule has 0 bridgehead atoms. The number of aryl methyl sites for hydroxylation is 1. The van der Waals surface area contributed by atoms with Crippen LogP contribution in [0, 0.1) is 6.92 Å². The van der Waals surface area contributed by atoms with E-state index in [1.807, 2.05) is 60.4 Å². The van der Waals surface area contributed by atoms with E-state index in [0.717, 1.165) is 30.6 Å². The second-order valence-electron chi connectivity index (χ2n) is 6.31. The molecule has 1 fully saturated rings. The van der Waals surface area contributed by atoms with Gasteiger partial charge in [0, 0.05) is 30.3 Å². The summed E-state index contributed by atoms with van der Waals surface area (Å²) in [5, 5.41) is 0.703. The van der Waals surface area contributed by atoms with E-state index in [4.69, 9.17) is 16.3 Å². The summed E-state index contributed by atoms with van der Waals surface area (Å²) in [6.07, 6.45) is 2.21. The first-order valence-corrected chi connectivity index (χ1v) is 8.71. The maximum absolute atomic E-state index is 13.0. The molecule has 3 nitrogen and oxygen atoms in total. The Morgan fingerprint density at radius 1 is 1.17 bits per heavy atom. The molecule has 4 heteroatoms. The summed E-state index contributed by atoms with van der Waals surface area (Å²) in [6, 6.07) is 15.4. The molecule has 1 heterocycles. The molecule has 1 saturated heterocycles. The Kier molecular flexibility index (Phi) is 5.54. The van der Waals surface area contributed by atoms with Gasteiger partial charge in [0.1, 0.15) is 0 Å². The van der Waals surface area contributed by atoms with Crippen LogP contribution in [0.15, 0.2) is 48.5 Å². The smallest absolute Gasteiger partial charge is 0.254 e. The third kappa shape index (κ3) is 4.37. The van der Waals surface area contributed by atoms with Crippen molar-refractivity contribution in [3.05, 3.63) is 70.2 Å². The van der Waals surface area contributed by atoms with Crippen LogP contribution in [0.1, 0.15) is 34.3 Å². The largest absolute Gasteiger partial charge is 0.376 e. The molecule has 126 valence electrons. The van der Waals surface area contributed by atoms with E-state index < -0.39 is 0 Å². The highest BCUT2D eigenvalue weighted by Gasteiger charge is 2.23. The number of halogens is 1. The van der Waals surface area contributed by atoms with Gasteiger partial charge in [0.25, 0.3) is 5.91 Å². The first-order valence-electron chi connectivity index (χ1n) is 8.34. The monoisotopic (exact) mass is 343 g/mol. The molecule has 1 atom stereocenters. The highest BCUT2D eigenvalue weighted by Crippen LogP contribution is 2.18. The van der Waals surface area contributed by atoms with Crippen LogP contribution >= 0.6 is 11.6 Å². The molecule has 0 N–H and O–H groups in total. The minimum Gasteiger partial charge on any atom is -0.376 e. The molecule has 1 aliphatic rings. The highest BCUT2D eigenvalue weighted by molar-refractivity contribution is 6.30. The zero-order valence-corrected chi connectivity index (χ0v) is 14.6. The SMILES string of the molecule is Cc1ccc(C(=O)N(Cc2ccc(Cl)cc2)CC2CCCO2)cc1. The second kappa shape index (κ2) is 7.82. The Morgan fingerprint density at radius 2 is 1.88 bits per heavy atom. The summed E-state index contributed by atoms with van der Waals surface area (Å²) >= 11 is 5.96. The van der Waals surface area contributed by atoms with E-state index in [9.17, 15) is 4.79 Å². The van der Waals surface area contributed by atoms with Crippen LogP contribution in [0.4, 0.5) is 0 Å². The van der Waals surface area contributed by atoms with Crippen molar-refractivity contribution >= 4 is 17.5 Å². The fourth-order valence-electron chi connectivity index (χ4n) is 2.94. The first-order chi connectivity index (χ1) is 11.6. The maximum atomic E-state index is 13.0. The van der Waals surface area contributed by atoms with Gasteiger partial charge < -0.3 is 9.64 Å². The van der Waals surface area contributed by atoms with Gasteiger partial charge in [-0.15, -0.1) is 0 Å². The van der Waals surface area contributed by atoms with Crippen LogP contribution in [0.3, 0.4) is 0 Å². The van der Waals surface area contributed by atoms with Gasteiger partial charge in [-0.2, -0.15) is 0 Å². The fraction of sp³-hybridized carbons (Fsp3) is 0.350.